The largest absolute Gasteiger partial charge is 0.497 e. The van der Waals surface area contributed by atoms with Crippen molar-refractivity contribution in [3.63, 3.8) is 0 Å². The first kappa shape index (κ1) is 17.3. The Morgan fingerprint density at radius 3 is 2.46 bits per heavy atom. The van der Waals surface area contributed by atoms with Crippen LogP contribution in [0.4, 0.5) is 10.5 Å². The number of hydroxylamine groups is 1. The lowest BCUT2D eigenvalue weighted by molar-refractivity contribution is 0.0538. The summed E-state index contributed by atoms with van der Waals surface area (Å²) in [6.45, 7) is 0.127. The number of benzene rings is 2. The van der Waals surface area contributed by atoms with E-state index in [1.165, 1.54) is 20.3 Å². The Kier molecular flexibility index (Phi) is 6.16. The van der Waals surface area contributed by atoms with E-state index < -0.39 is 12.0 Å². The second kappa shape index (κ2) is 8.54. The van der Waals surface area contributed by atoms with Crippen molar-refractivity contribution in [3.05, 3.63) is 59.7 Å². The molecule has 0 heterocycles. The predicted octanol–water partition coefficient (Wildman–Crippen LogP) is 2.74. The molecule has 0 unspecified atom stereocenters. The van der Waals surface area contributed by atoms with Crippen LogP contribution >= 0.6 is 0 Å². The third kappa shape index (κ3) is 4.72. The molecule has 0 spiro atoms. The number of hydrogen-bond acceptors (Lipinski definition) is 5. The monoisotopic (exact) mass is 330 g/mol. The fraction of sp³-hybridized carbons (Fsp3) is 0.176. The van der Waals surface area contributed by atoms with Gasteiger partial charge in [-0.15, -0.1) is 0 Å². The maximum absolute atomic E-state index is 12.0. The van der Waals surface area contributed by atoms with Gasteiger partial charge in [-0.1, -0.05) is 30.3 Å². The number of ether oxygens (including phenoxy) is 2. The predicted molar refractivity (Wildman–Crippen MR) is 87.7 cm³/mol. The van der Waals surface area contributed by atoms with Crippen molar-refractivity contribution < 1.29 is 23.9 Å². The van der Waals surface area contributed by atoms with E-state index in [2.05, 4.69) is 15.6 Å². The fourth-order valence-corrected chi connectivity index (χ4v) is 1.96. The summed E-state index contributed by atoms with van der Waals surface area (Å²) in [5, 5.41) is 2.54. The Balaban J connectivity index is 2.07. The molecule has 0 aliphatic carbocycles. The van der Waals surface area contributed by atoms with E-state index in [1.54, 1.807) is 12.1 Å². The van der Waals surface area contributed by atoms with Crippen LogP contribution in [0.2, 0.25) is 0 Å². The molecule has 7 heteroatoms. The second-order valence-electron chi connectivity index (χ2n) is 4.73. The van der Waals surface area contributed by atoms with Crippen molar-refractivity contribution >= 4 is 17.7 Å². The average Bonchev–Trinajstić information content (AvgIpc) is 2.61. The van der Waals surface area contributed by atoms with Crippen LogP contribution in [0.15, 0.2) is 48.5 Å². The molecule has 0 aliphatic heterocycles. The van der Waals surface area contributed by atoms with Crippen molar-refractivity contribution in [3.8, 4) is 5.75 Å². The topological polar surface area (TPSA) is 85.9 Å². The molecule has 2 aromatic carbocycles. The molecule has 7 nitrogen and oxygen atoms in total. The van der Waals surface area contributed by atoms with Gasteiger partial charge in [0.05, 0.1) is 25.5 Å². The Labute approximate surface area is 139 Å². The standard InChI is InChI=1S/C17H18N2O5/c1-22-13-8-9-15(14(10-13)16(20)19-23-2)18-17(21)24-11-12-6-4-3-5-7-12/h3-10H,11H2,1-2H3,(H,18,21)(H,19,20). The molecule has 2 N–H and O–H groups in total. The minimum absolute atomic E-state index is 0.127. The number of amides is 2. The van der Waals surface area contributed by atoms with E-state index in [0.29, 0.717) is 5.75 Å². The van der Waals surface area contributed by atoms with Crippen LogP contribution in [0.25, 0.3) is 0 Å². The highest BCUT2D eigenvalue weighted by atomic mass is 16.6. The molecule has 2 amide bonds. The van der Waals surface area contributed by atoms with Gasteiger partial charge in [-0.25, -0.2) is 10.3 Å². The van der Waals surface area contributed by atoms with E-state index in [9.17, 15) is 9.59 Å². The van der Waals surface area contributed by atoms with Crippen molar-refractivity contribution in [2.75, 3.05) is 19.5 Å². The van der Waals surface area contributed by atoms with E-state index in [0.717, 1.165) is 5.56 Å². The fourth-order valence-electron chi connectivity index (χ4n) is 1.96. The van der Waals surface area contributed by atoms with Gasteiger partial charge in [0.25, 0.3) is 5.91 Å². The normalized spacial score (nSPS) is 9.92. The van der Waals surface area contributed by atoms with Gasteiger partial charge in [0.15, 0.2) is 0 Å². The van der Waals surface area contributed by atoms with E-state index in [-0.39, 0.29) is 17.9 Å². The van der Waals surface area contributed by atoms with Gasteiger partial charge in [0.2, 0.25) is 0 Å². The smallest absolute Gasteiger partial charge is 0.411 e. The summed E-state index contributed by atoms with van der Waals surface area (Å²) in [5.41, 5.74) is 3.53. The van der Waals surface area contributed by atoms with Crippen molar-refractivity contribution in [2.24, 2.45) is 0 Å². The van der Waals surface area contributed by atoms with Crippen LogP contribution < -0.4 is 15.5 Å². The molecule has 24 heavy (non-hydrogen) atoms. The summed E-state index contributed by atoms with van der Waals surface area (Å²) in [5.74, 6) is -0.0470. The van der Waals surface area contributed by atoms with E-state index in [4.69, 9.17) is 9.47 Å². The molecule has 0 aromatic heterocycles. The van der Waals surface area contributed by atoms with E-state index >= 15 is 0 Å². The third-order valence-electron chi connectivity index (χ3n) is 3.12. The first-order valence-electron chi connectivity index (χ1n) is 7.13. The summed E-state index contributed by atoms with van der Waals surface area (Å²) in [4.78, 5) is 28.6. The zero-order valence-corrected chi connectivity index (χ0v) is 13.4. The van der Waals surface area contributed by atoms with Gasteiger partial charge in [0.1, 0.15) is 12.4 Å². The molecule has 2 rings (SSSR count). The summed E-state index contributed by atoms with van der Waals surface area (Å²) >= 11 is 0. The van der Waals surface area contributed by atoms with Gasteiger partial charge < -0.3 is 9.47 Å². The molecule has 0 radical (unpaired) electrons. The summed E-state index contributed by atoms with van der Waals surface area (Å²) in [7, 11) is 2.80. The van der Waals surface area contributed by atoms with Gasteiger partial charge in [-0.2, -0.15) is 0 Å². The maximum atomic E-state index is 12.0. The number of nitrogens with one attached hydrogen (secondary N) is 2. The second-order valence-corrected chi connectivity index (χ2v) is 4.73. The average molecular weight is 330 g/mol. The Hall–Kier alpha value is -3.06. The van der Waals surface area contributed by atoms with Gasteiger partial charge in [-0.05, 0) is 23.8 Å². The number of rotatable bonds is 6. The van der Waals surface area contributed by atoms with Crippen LogP contribution in [-0.4, -0.2) is 26.2 Å². The number of methoxy groups -OCH3 is 1. The Morgan fingerprint density at radius 1 is 1.04 bits per heavy atom. The molecule has 0 bridgehead atoms. The molecule has 0 saturated carbocycles. The van der Waals surface area contributed by atoms with Gasteiger partial charge >= 0.3 is 6.09 Å². The van der Waals surface area contributed by atoms with Crippen LogP contribution in [-0.2, 0) is 16.2 Å². The first-order chi connectivity index (χ1) is 11.6. The van der Waals surface area contributed by atoms with Crippen molar-refractivity contribution in [1.29, 1.82) is 0 Å². The highest BCUT2D eigenvalue weighted by Crippen LogP contribution is 2.22. The molecule has 0 saturated heterocycles. The number of carbonyl (C=O) groups excluding carboxylic acids is 2. The van der Waals surface area contributed by atoms with Crippen LogP contribution in [0.1, 0.15) is 15.9 Å². The Morgan fingerprint density at radius 2 is 1.79 bits per heavy atom. The summed E-state index contributed by atoms with van der Waals surface area (Å²) < 4.78 is 10.2. The maximum Gasteiger partial charge on any atom is 0.411 e. The molecule has 2 aromatic rings. The zero-order valence-electron chi connectivity index (χ0n) is 13.4. The quantitative estimate of drug-likeness (QED) is 0.796. The number of hydrogen-bond donors (Lipinski definition) is 2. The van der Waals surface area contributed by atoms with Crippen LogP contribution in [0.5, 0.6) is 5.75 Å². The van der Waals surface area contributed by atoms with Gasteiger partial charge in [0, 0.05) is 0 Å². The van der Waals surface area contributed by atoms with E-state index in [1.807, 2.05) is 30.3 Å². The Bertz CT molecular complexity index is 703. The first-order valence-corrected chi connectivity index (χ1v) is 7.13. The van der Waals surface area contributed by atoms with Gasteiger partial charge in [-0.3, -0.25) is 14.9 Å². The summed E-state index contributed by atoms with van der Waals surface area (Å²) in [6, 6.07) is 13.9. The highest BCUT2D eigenvalue weighted by molar-refractivity contribution is 6.02. The lowest BCUT2D eigenvalue weighted by atomic mass is 10.1. The summed E-state index contributed by atoms with van der Waals surface area (Å²) in [6.07, 6.45) is -0.671. The SMILES string of the molecule is CONC(=O)c1cc(OC)ccc1NC(=O)OCc1ccccc1. The van der Waals surface area contributed by atoms with Crippen molar-refractivity contribution in [1.82, 2.24) is 5.48 Å². The molecule has 0 atom stereocenters. The molecular formula is C17H18N2O5. The van der Waals surface area contributed by atoms with Crippen molar-refractivity contribution in [2.45, 2.75) is 6.61 Å². The lowest BCUT2D eigenvalue weighted by Crippen LogP contribution is -2.24. The van der Waals surface area contributed by atoms with Crippen LogP contribution in [0.3, 0.4) is 0 Å². The minimum Gasteiger partial charge on any atom is -0.497 e. The highest BCUT2D eigenvalue weighted by Gasteiger charge is 2.15. The zero-order chi connectivity index (χ0) is 17.4. The number of carbonyl (C=O) groups is 2. The van der Waals surface area contributed by atoms with Crippen LogP contribution in [0, 0.1) is 0 Å². The third-order valence-corrected chi connectivity index (χ3v) is 3.12. The molecule has 0 fully saturated rings. The minimum atomic E-state index is -0.671. The molecule has 0 aliphatic rings. The molecule has 126 valence electrons. The molecular weight excluding hydrogens is 312 g/mol. The lowest BCUT2D eigenvalue weighted by Gasteiger charge is -2.12. The number of anilines is 1.